The number of hydrogen-bond acceptors (Lipinski definition) is 6. The Kier molecular flexibility index (Phi) is 9.62. The second-order valence-corrected chi connectivity index (χ2v) is 5.73. The third-order valence-electron chi connectivity index (χ3n) is 3.61. The van der Waals surface area contributed by atoms with Gasteiger partial charge in [0.05, 0.1) is 13.7 Å². The fourth-order valence-electron chi connectivity index (χ4n) is 2.12. The summed E-state index contributed by atoms with van der Waals surface area (Å²) in [5.74, 6) is -3.04. The van der Waals surface area contributed by atoms with E-state index in [2.05, 4.69) is 9.84 Å². The van der Waals surface area contributed by atoms with Gasteiger partial charge in [0.2, 0.25) is 0 Å². The molecule has 2 heterocycles. The van der Waals surface area contributed by atoms with E-state index in [4.69, 9.17) is 9.84 Å². The first-order chi connectivity index (χ1) is 14.1. The van der Waals surface area contributed by atoms with Gasteiger partial charge in [-0.15, -0.1) is 0 Å². The zero-order valence-corrected chi connectivity index (χ0v) is 16.3. The Morgan fingerprint density at radius 1 is 1.27 bits per heavy atom. The Morgan fingerprint density at radius 2 is 1.97 bits per heavy atom. The number of nitrogens with zero attached hydrogens (tertiary/aromatic N) is 3. The van der Waals surface area contributed by atoms with Crippen molar-refractivity contribution in [3.63, 3.8) is 0 Å². The quantitative estimate of drug-likeness (QED) is 0.514. The van der Waals surface area contributed by atoms with E-state index in [1.165, 1.54) is 4.68 Å². The number of hydrogen-bond donors (Lipinski definition) is 1. The van der Waals surface area contributed by atoms with Gasteiger partial charge in [0.1, 0.15) is 12.6 Å². The molecule has 164 valence electrons. The van der Waals surface area contributed by atoms with Gasteiger partial charge < -0.3 is 19.1 Å². The molecule has 0 unspecified atom stereocenters. The van der Waals surface area contributed by atoms with Crippen LogP contribution in [0, 0.1) is 0 Å². The van der Waals surface area contributed by atoms with Crippen molar-refractivity contribution in [3.8, 4) is 11.1 Å². The Hall–Kier alpha value is -3.28. The molecular weight excluding hydrogens is 411 g/mol. The first-order valence-electron chi connectivity index (χ1n) is 8.51. The van der Waals surface area contributed by atoms with Crippen LogP contribution < -0.4 is 10.2 Å². The molecule has 0 saturated heterocycles. The van der Waals surface area contributed by atoms with Crippen molar-refractivity contribution in [2.45, 2.75) is 25.7 Å². The predicted octanol–water partition coefficient (Wildman–Crippen LogP) is 1.04. The molecule has 0 aliphatic rings. The molecule has 2 rings (SSSR count). The lowest BCUT2D eigenvalue weighted by Crippen LogP contribution is -2.38. The Balaban J connectivity index is 0.000000479. The molecule has 30 heavy (non-hydrogen) atoms. The second-order valence-electron chi connectivity index (χ2n) is 5.73. The summed E-state index contributed by atoms with van der Waals surface area (Å²) in [6, 6.07) is 5.30. The topological polar surface area (TPSA) is 112 Å². The van der Waals surface area contributed by atoms with E-state index in [0.29, 0.717) is 37.9 Å². The van der Waals surface area contributed by atoms with Gasteiger partial charge in [0.25, 0.3) is 5.56 Å². The summed E-state index contributed by atoms with van der Waals surface area (Å²) < 4.78 is 44.4. The second kappa shape index (κ2) is 11.7. The Labute approximate surface area is 169 Å². The molecule has 2 aromatic heterocycles. The maximum absolute atomic E-state index is 12.4. The van der Waals surface area contributed by atoms with Crippen LogP contribution in [0.2, 0.25) is 0 Å². The number of aromatic nitrogens is 3. The monoisotopic (exact) mass is 432 g/mol. The van der Waals surface area contributed by atoms with Crippen molar-refractivity contribution >= 4 is 11.9 Å². The molecule has 2 aromatic rings. The number of aryl methyl sites for hydroxylation is 1. The fourth-order valence-corrected chi connectivity index (χ4v) is 2.12. The number of halogens is 3. The highest BCUT2D eigenvalue weighted by Gasteiger charge is 2.40. The number of rotatable bonds is 7. The summed E-state index contributed by atoms with van der Waals surface area (Å²) >= 11 is 0. The van der Waals surface area contributed by atoms with E-state index in [1.54, 1.807) is 48.5 Å². The molecule has 0 atom stereocenters. The van der Waals surface area contributed by atoms with Crippen LogP contribution in [0.4, 0.5) is 13.2 Å². The number of carboxylic acids is 1. The maximum atomic E-state index is 12.4. The molecule has 0 bridgehead atoms. The van der Waals surface area contributed by atoms with Gasteiger partial charge in [-0.05, 0) is 17.2 Å². The van der Waals surface area contributed by atoms with Gasteiger partial charge in [0, 0.05) is 37.0 Å². The van der Waals surface area contributed by atoms with Crippen LogP contribution in [-0.4, -0.2) is 53.7 Å². The van der Waals surface area contributed by atoms with E-state index >= 15 is 0 Å². The van der Waals surface area contributed by atoms with E-state index in [-0.39, 0.29) is 12.0 Å². The van der Waals surface area contributed by atoms with Gasteiger partial charge in [-0.3, -0.25) is 9.59 Å². The van der Waals surface area contributed by atoms with Crippen LogP contribution >= 0.6 is 0 Å². The van der Waals surface area contributed by atoms with Crippen LogP contribution in [0.5, 0.6) is 0 Å². The summed E-state index contributed by atoms with van der Waals surface area (Å²) in [7, 11) is 2.27. The van der Waals surface area contributed by atoms with Crippen molar-refractivity contribution in [2.24, 2.45) is 0 Å². The first kappa shape index (κ1) is 24.8. The molecule has 9 nitrogen and oxygen atoms in total. The molecule has 0 spiro atoms. The van der Waals surface area contributed by atoms with Gasteiger partial charge >= 0.3 is 18.1 Å². The predicted molar refractivity (Wildman–Crippen MR) is 96.3 cm³/mol. The lowest BCUT2D eigenvalue weighted by Gasteiger charge is -2.07. The zero-order valence-electron chi connectivity index (χ0n) is 16.3. The number of pyridine rings is 1. The fraction of sp³-hybridized carbons (Fsp3) is 0.389. The lowest BCUT2D eigenvalue weighted by molar-refractivity contribution is -0.752. The molecule has 0 fully saturated rings. The standard InChI is InChI=1S/C15H17N3O4.C3H3F3O2/c1-22-10-9-17-6-2-3-13(15(17)21)12-4-7-18(16-11-12)8-5-14(19)20;1-8-2(7)3(4,5)6/h2-4,6-7,11H,5,8-10H2,1H3;1H3/p+1. The first-order valence-corrected chi connectivity index (χ1v) is 8.51. The summed E-state index contributed by atoms with van der Waals surface area (Å²) in [5, 5.41) is 12.8. The molecular formula is C18H21F3N3O6+. The minimum Gasteiger partial charge on any atom is -0.481 e. The number of aliphatic carboxylic acids is 1. The smallest absolute Gasteiger partial charge is 0.481 e. The van der Waals surface area contributed by atoms with E-state index in [0.717, 1.165) is 0 Å². The number of carbonyl (C=O) groups is 2. The minimum atomic E-state index is -4.85. The van der Waals surface area contributed by atoms with Gasteiger partial charge in [-0.2, -0.15) is 13.2 Å². The lowest BCUT2D eigenvalue weighted by atomic mass is 10.1. The number of esters is 1. The Bertz CT molecular complexity index is 897. The van der Waals surface area contributed by atoms with Gasteiger partial charge in [0.15, 0.2) is 12.7 Å². The summed E-state index contributed by atoms with van der Waals surface area (Å²) in [6.07, 6.45) is 0.110. The molecule has 0 aliphatic heterocycles. The van der Waals surface area contributed by atoms with E-state index in [1.807, 2.05) is 0 Å². The Morgan fingerprint density at radius 3 is 2.43 bits per heavy atom. The largest absolute Gasteiger partial charge is 0.490 e. The molecule has 0 amide bonds. The number of carbonyl (C=O) groups excluding carboxylic acids is 1. The van der Waals surface area contributed by atoms with Crippen LogP contribution in [0.15, 0.2) is 41.6 Å². The van der Waals surface area contributed by atoms with E-state index < -0.39 is 18.1 Å². The third kappa shape index (κ3) is 7.99. The van der Waals surface area contributed by atoms with Crippen LogP contribution in [0.25, 0.3) is 11.1 Å². The van der Waals surface area contributed by atoms with Crippen molar-refractivity contribution in [1.29, 1.82) is 0 Å². The highest BCUT2D eigenvalue weighted by Crippen LogP contribution is 2.15. The third-order valence-corrected chi connectivity index (χ3v) is 3.61. The van der Waals surface area contributed by atoms with Crippen molar-refractivity contribution < 1.29 is 42.0 Å². The number of alkyl halides is 3. The molecule has 0 aliphatic carbocycles. The normalized spacial score (nSPS) is 10.7. The number of ether oxygens (including phenoxy) is 2. The molecule has 0 radical (unpaired) electrons. The summed E-state index contributed by atoms with van der Waals surface area (Å²) in [6.45, 7) is 1.25. The molecule has 1 N–H and O–H groups in total. The maximum Gasteiger partial charge on any atom is 0.490 e. The van der Waals surface area contributed by atoms with Crippen LogP contribution in [0.3, 0.4) is 0 Å². The molecule has 0 aromatic carbocycles. The number of methoxy groups -OCH3 is 2. The highest BCUT2D eigenvalue weighted by atomic mass is 19.4. The molecule has 12 heteroatoms. The van der Waals surface area contributed by atoms with Crippen LogP contribution in [-0.2, 0) is 32.2 Å². The van der Waals surface area contributed by atoms with Crippen molar-refractivity contribution in [2.75, 3.05) is 20.8 Å². The summed E-state index contributed by atoms with van der Waals surface area (Å²) in [5.41, 5.74) is 1.14. The van der Waals surface area contributed by atoms with Crippen LogP contribution in [0.1, 0.15) is 6.42 Å². The highest BCUT2D eigenvalue weighted by molar-refractivity contribution is 5.75. The average molecular weight is 432 g/mol. The minimum absolute atomic E-state index is 0.00612. The SMILES string of the molecule is COC(=O)C(F)(F)F.COCCn1cccc(-c2cc[n+](CCC(=O)O)nc2)c1=O. The zero-order chi connectivity index (χ0) is 22.7. The van der Waals surface area contributed by atoms with Crippen molar-refractivity contribution in [1.82, 2.24) is 9.67 Å². The molecule has 0 saturated carbocycles. The van der Waals surface area contributed by atoms with Crippen molar-refractivity contribution in [3.05, 3.63) is 47.1 Å². The van der Waals surface area contributed by atoms with Gasteiger partial charge in [-0.1, -0.05) is 4.68 Å². The summed E-state index contributed by atoms with van der Waals surface area (Å²) in [4.78, 5) is 32.4. The number of carboxylic acid groups (broad SMARTS) is 1. The van der Waals surface area contributed by atoms with E-state index in [9.17, 15) is 27.6 Å². The average Bonchev–Trinajstić information content (AvgIpc) is 2.71. The van der Waals surface area contributed by atoms with Gasteiger partial charge in [-0.25, -0.2) is 4.79 Å².